The molecule has 0 aliphatic heterocycles. The highest BCUT2D eigenvalue weighted by Gasteiger charge is 2.14. The zero-order chi connectivity index (χ0) is 11.0. The van der Waals surface area contributed by atoms with E-state index in [1.807, 2.05) is 12.1 Å². The molecule has 0 fully saturated rings. The van der Waals surface area contributed by atoms with E-state index in [-0.39, 0.29) is 11.6 Å². The molecule has 0 bridgehead atoms. The van der Waals surface area contributed by atoms with Crippen molar-refractivity contribution >= 4 is 16.9 Å². The van der Waals surface area contributed by atoms with Gasteiger partial charge in [0, 0.05) is 5.18 Å². The minimum absolute atomic E-state index is 0.178. The summed E-state index contributed by atoms with van der Waals surface area (Å²) in [6.07, 6.45) is 0. The van der Waals surface area contributed by atoms with Gasteiger partial charge >= 0.3 is 5.88 Å². The molecule has 1 N–H and O–H groups in total. The summed E-state index contributed by atoms with van der Waals surface area (Å²) >= 11 is 0. The Morgan fingerprint density at radius 1 is 1.40 bits per heavy atom. The molecule has 0 aliphatic rings. The summed E-state index contributed by atoms with van der Waals surface area (Å²) in [5.74, 6) is -0.0789. The highest BCUT2D eigenvalue weighted by atomic mass is 16.4. The molecule has 0 unspecified atom stereocenters. The number of aromatic hydroxyl groups is 1. The van der Waals surface area contributed by atoms with E-state index in [4.69, 9.17) is 4.42 Å². The molecule has 15 heavy (non-hydrogen) atoms. The Kier molecular flexibility index (Phi) is 2.19. The summed E-state index contributed by atoms with van der Waals surface area (Å²) in [6.45, 7) is 4.11. The molecule has 78 valence electrons. The van der Waals surface area contributed by atoms with Gasteiger partial charge in [0.1, 0.15) is 5.58 Å². The Morgan fingerprint density at radius 3 is 2.73 bits per heavy atom. The lowest BCUT2D eigenvalue weighted by Crippen LogP contribution is -1.85. The van der Waals surface area contributed by atoms with Crippen LogP contribution in [-0.4, -0.2) is 5.11 Å². The monoisotopic (exact) mass is 205 g/mol. The van der Waals surface area contributed by atoms with Gasteiger partial charge < -0.3 is 9.52 Å². The fourth-order valence-electron chi connectivity index (χ4n) is 1.51. The van der Waals surface area contributed by atoms with Crippen molar-refractivity contribution in [2.45, 2.75) is 19.8 Å². The van der Waals surface area contributed by atoms with Gasteiger partial charge in [0.25, 0.3) is 0 Å². The van der Waals surface area contributed by atoms with Crippen molar-refractivity contribution in [1.29, 1.82) is 0 Å². The third-order valence-corrected chi connectivity index (χ3v) is 2.42. The molecular weight excluding hydrogens is 194 g/mol. The van der Waals surface area contributed by atoms with Crippen molar-refractivity contribution in [2.75, 3.05) is 0 Å². The minimum atomic E-state index is -0.258. The topological polar surface area (TPSA) is 62.8 Å². The maximum absolute atomic E-state index is 10.3. The van der Waals surface area contributed by atoms with E-state index in [0.29, 0.717) is 16.9 Å². The first kappa shape index (κ1) is 9.71. The van der Waals surface area contributed by atoms with E-state index < -0.39 is 0 Å². The maximum atomic E-state index is 10.3. The average molecular weight is 205 g/mol. The number of hydrogen-bond donors (Lipinski definition) is 1. The van der Waals surface area contributed by atoms with Crippen molar-refractivity contribution in [3.05, 3.63) is 28.7 Å². The minimum Gasteiger partial charge on any atom is -0.502 e. The second-order valence-corrected chi connectivity index (χ2v) is 3.76. The first-order valence-electron chi connectivity index (χ1n) is 4.72. The molecule has 1 aromatic heterocycles. The van der Waals surface area contributed by atoms with Crippen molar-refractivity contribution < 1.29 is 9.52 Å². The summed E-state index contributed by atoms with van der Waals surface area (Å²) in [5.41, 5.74) is 1.56. The van der Waals surface area contributed by atoms with Crippen LogP contribution in [0.5, 0.6) is 5.75 Å². The number of rotatable bonds is 2. The Balaban J connectivity index is 2.70. The summed E-state index contributed by atoms with van der Waals surface area (Å²) in [7, 11) is 0. The summed E-state index contributed by atoms with van der Waals surface area (Å²) < 4.78 is 5.05. The molecule has 0 atom stereocenters. The fraction of sp³-hybridized carbons (Fsp3) is 0.273. The second kappa shape index (κ2) is 3.38. The Morgan fingerprint density at radius 2 is 2.13 bits per heavy atom. The number of hydrogen-bond acceptors (Lipinski definition) is 4. The summed E-state index contributed by atoms with van der Waals surface area (Å²) in [6, 6.07) is 5.46. The molecular formula is C11H11NO3. The molecule has 0 aliphatic carbocycles. The van der Waals surface area contributed by atoms with E-state index in [2.05, 4.69) is 19.0 Å². The van der Waals surface area contributed by atoms with E-state index in [1.165, 1.54) is 0 Å². The lowest BCUT2D eigenvalue weighted by Gasteiger charge is -2.03. The van der Waals surface area contributed by atoms with Gasteiger partial charge in [-0.05, 0) is 23.6 Å². The number of furan rings is 1. The molecule has 0 saturated heterocycles. The molecule has 2 rings (SSSR count). The van der Waals surface area contributed by atoms with Gasteiger partial charge in [-0.2, -0.15) is 0 Å². The number of benzene rings is 1. The van der Waals surface area contributed by atoms with Crippen LogP contribution < -0.4 is 0 Å². The zero-order valence-corrected chi connectivity index (χ0v) is 8.52. The Bertz CT molecular complexity index is 514. The SMILES string of the molecule is CC(C)c1ccc2oc(N=O)c(O)c2c1. The van der Waals surface area contributed by atoms with Crippen molar-refractivity contribution in [3.63, 3.8) is 0 Å². The van der Waals surface area contributed by atoms with E-state index in [0.717, 1.165) is 5.56 Å². The average Bonchev–Trinajstić information content (AvgIpc) is 2.55. The van der Waals surface area contributed by atoms with Gasteiger partial charge in [-0.25, -0.2) is 0 Å². The van der Waals surface area contributed by atoms with Gasteiger partial charge in [0.15, 0.2) is 5.75 Å². The first-order chi connectivity index (χ1) is 7.13. The number of nitroso groups, excluding NO2 is 1. The van der Waals surface area contributed by atoms with Crippen LogP contribution in [0.4, 0.5) is 5.88 Å². The van der Waals surface area contributed by atoms with Gasteiger partial charge in [0.2, 0.25) is 0 Å². The van der Waals surface area contributed by atoms with Crippen LogP contribution in [0.15, 0.2) is 27.8 Å². The lowest BCUT2D eigenvalue weighted by molar-refractivity contribution is 0.469. The van der Waals surface area contributed by atoms with Gasteiger partial charge in [-0.15, -0.1) is 4.91 Å². The zero-order valence-electron chi connectivity index (χ0n) is 8.52. The van der Waals surface area contributed by atoms with Gasteiger partial charge in [-0.1, -0.05) is 19.9 Å². The highest BCUT2D eigenvalue weighted by molar-refractivity contribution is 5.89. The van der Waals surface area contributed by atoms with Crippen LogP contribution in [0.3, 0.4) is 0 Å². The quantitative estimate of drug-likeness (QED) is 0.761. The van der Waals surface area contributed by atoms with Crippen LogP contribution in [0.25, 0.3) is 11.0 Å². The standard InChI is InChI=1S/C11H11NO3/c1-6(2)7-3-4-9-8(5-7)10(13)11(12-14)15-9/h3-6,13H,1-2H3. The van der Waals surface area contributed by atoms with E-state index in [1.54, 1.807) is 6.07 Å². The van der Waals surface area contributed by atoms with Crippen LogP contribution in [0, 0.1) is 4.91 Å². The molecule has 1 heterocycles. The van der Waals surface area contributed by atoms with Gasteiger partial charge in [0.05, 0.1) is 5.39 Å². The fourth-order valence-corrected chi connectivity index (χ4v) is 1.51. The summed E-state index contributed by atoms with van der Waals surface area (Å²) in [4.78, 5) is 10.3. The van der Waals surface area contributed by atoms with Crippen LogP contribution in [0.2, 0.25) is 0 Å². The van der Waals surface area contributed by atoms with E-state index in [9.17, 15) is 10.0 Å². The highest BCUT2D eigenvalue weighted by Crippen LogP contribution is 2.38. The van der Waals surface area contributed by atoms with E-state index >= 15 is 0 Å². The molecule has 2 aromatic rings. The molecule has 0 spiro atoms. The normalized spacial score (nSPS) is 11.1. The van der Waals surface area contributed by atoms with Crippen molar-refractivity contribution in [3.8, 4) is 5.75 Å². The lowest BCUT2D eigenvalue weighted by atomic mass is 10.0. The predicted octanol–water partition coefficient (Wildman–Crippen LogP) is 3.66. The predicted molar refractivity (Wildman–Crippen MR) is 57.4 cm³/mol. The second-order valence-electron chi connectivity index (χ2n) is 3.76. The number of nitrogens with zero attached hydrogens (tertiary/aromatic N) is 1. The Hall–Kier alpha value is -1.84. The molecule has 0 radical (unpaired) electrons. The molecule has 1 aromatic carbocycles. The third-order valence-electron chi connectivity index (χ3n) is 2.42. The molecule has 4 nitrogen and oxygen atoms in total. The van der Waals surface area contributed by atoms with Crippen LogP contribution in [0.1, 0.15) is 25.3 Å². The van der Waals surface area contributed by atoms with Crippen molar-refractivity contribution in [1.82, 2.24) is 0 Å². The van der Waals surface area contributed by atoms with Crippen molar-refractivity contribution in [2.24, 2.45) is 5.18 Å². The molecule has 4 heteroatoms. The number of fused-ring (bicyclic) bond motifs is 1. The molecule has 0 amide bonds. The van der Waals surface area contributed by atoms with Gasteiger partial charge in [-0.3, -0.25) is 0 Å². The van der Waals surface area contributed by atoms with Crippen LogP contribution >= 0.6 is 0 Å². The van der Waals surface area contributed by atoms with Crippen LogP contribution in [-0.2, 0) is 0 Å². The summed E-state index contributed by atoms with van der Waals surface area (Å²) in [5, 5.41) is 12.8. The Labute approximate surface area is 86.5 Å². The molecule has 0 saturated carbocycles. The smallest absolute Gasteiger partial charge is 0.304 e. The third kappa shape index (κ3) is 1.48. The largest absolute Gasteiger partial charge is 0.502 e. The first-order valence-corrected chi connectivity index (χ1v) is 4.72. The maximum Gasteiger partial charge on any atom is 0.304 e.